The molecule has 74 heavy (non-hydrogen) atoms. The summed E-state index contributed by atoms with van der Waals surface area (Å²) in [5, 5.41) is 9.98. The van der Waals surface area contributed by atoms with E-state index in [0.717, 1.165) is 24.2 Å². The smallest absolute Gasteiger partial charge is 0.0546 e. The Morgan fingerprint density at radius 2 is 0.554 bits per heavy atom. The van der Waals surface area contributed by atoms with E-state index in [-0.39, 0.29) is 0 Å². The summed E-state index contributed by atoms with van der Waals surface area (Å²) in [6.07, 6.45) is 1.81. The Morgan fingerprint density at radius 1 is 0.230 bits per heavy atom. The van der Waals surface area contributed by atoms with Gasteiger partial charge in [0.15, 0.2) is 0 Å². The lowest BCUT2D eigenvalue weighted by Gasteiger charge is -2.29. The minimum absolute atomic E-state index is 0.904. The fourth-order valence-electron chi connectivity index (χ4n) is 12.4. The molecule has 2 nitrogen and oxygen atoms in total. The molecule has 0 radical (unpaired) electrons. The Hall–Kier alpha value is -9.50. The Kier molecular flexibility index (Phi) is 9.74. The first-order chi connectivity index (χ1) is 36.7. The van der Waals surface area contributed by atoms with Gasteiger partial charge in [0, 0.05) is 35.0 Å². The molecule has 0 N–H and O–H groups in total. The minimum Gasteiger partial charge on any atom is -0.310 e. The summed E-state index contributed by atoms with van der Waals surface area (Å²) in [4.78, 5) is 5.01. The first-order valence-electron chi connectivity index (χ1n) is 25.8. The second-order valence-corrected chi connectivity index (χ2v) is 19.9. The maximum Gasteiger partial charge on any atom is 0.0546 e. The van der Waals surface area contributed by atoms with Gasteiger partial charge in [0.25, 0.3) is 0 Å². The van der Waals surface area contributed by atoms with E-state index in [1.807, 2.05) is 0 Å². The van der Waals surface area contributed by atoms with E-state index in [9.17, 15) is 0 Å². The van der Waals surface area contributed by atoms with Crippen molar-refractivity contribution in [2.24, 2.45) is 0 Å². The van der Waals surface area contributed by atoms with Gasteiger partial charge in [-0.3, -0.25) is 0 Å². The third kappa shape index (κ3) is 6.80. The summed E-state index contributed by atoms with van der Waals surface area (Å²) in [5.41, 5.74) is 22.6. The van der Waals surface area contributed by atoms with E-state index in [0.29, 0.717) is 0 Å². The molecule has 0 amide bonds. The van der Waals surface area contributed by atoms with E-state index >= 15 is 0 Å². The maximum atomic E-state index is 2.50. The average Bonchev–Trinajstić information content (AvgIpc) is 4.06. The normalized spacial score (nSPS) is 12.2. The van der Waals surface area contributed by atoms with Crippen LogP contribution in [0.15, 0.2) is 267 Å². The van der Waals surface area contributed by atoms with Crippen LogP contribution in [0.2, 0.25) is 0 Å². The zero-order valence-electron chi connectivity index (χ0n) is 40.7. The van der Waals surface area contributed by atoms with Crippen molar-refractivity contribution in [1.29, 1.82) is 0 Å². The van der Waals surface area contributed by atoms with Crippen molar-refractivity contribution in [3.63, 3.8) is 0 Å². The van der Waals surface area contributed by atoms with E-state index in [2.05, 4.69) is 277 Å². The molecule has 0 bridgehead atoms. The molecule has 0 saturated heterocycles. The number of hydrogen-bond donors (Lipinski definition) is 0. The quantitative estimate of drug-likeness (QED) is 0.140. The van der Waals surface area contributed by atoms with Crippen molar-refractivity contribution in [1.82, 2.24) is 0 Å². The highest BCUT2D eigenvalue weighted by Gasteiger charge is 2.28. The molecular formula is C72H48N2. The molecule has 0 aliphatic heterocycles. The van der Waals surface area contributed by atoms with Gasteiger partial charge < -0.3 is 9.80 Å². The lowest BCUT2D eigenvalue weighted by Crippen LogP contribution is -2.13. The summed E-state index contributed by atoms with van der Waals surface area (Å²) in [5.74, 6) is 0. The van der Waals surface area contributed by atoms with Gasteiger partial charge in [-0.05, 0) is 148 Å². The monoisotopic (exact) mass is 940 g/mol. The predicted molar refractivity (Wildman–Crippen MR) is 313 cm³/mol. The molecule has 0 fully saturated rings. The number of rotatable bonds is 8. The molecule has 0 saturated carbocycles. The van der Waals surface area contributed by atoms with Gasteiger partial charge in [-0.25, -0.2) is 0 Å². The Morgan fingerprint density at radius 3 is 0.973 bits per heavy atom. The third-order valence-corrected chi connectivity index (χ3v) is 15.9. The Balaban J connectivity index is 0.788. The van der Waals surface area contributed by atoms with E-state index in [1.54, 1.807) is 0 Å². The van der Waals surface area contributed by atoms with Crippen molar-refractivity contribution in [2.75, 3.05) is 9.80 Å². The third-order valence-electron chi connectivity index (χ3n) is 15.9. The van der Waals surface area contributed by atoms with E-state index < -0.39 is 0 Å². The lowest BCUT2D eigenvalue weighted by molar-refractivity contribution is 1.20. The predicted octanol–water partition coefficient (Wildman–Crippen LogP) is 19.7. The number of nitrogens with zero attached hydrogens (tertiary/aromatic N) is 2. The zero-order chi connectivity index (χ0) is 48.7. The van der Waals surface area contributed by atoms with Crippen LogP contribution in [0.5, 0.6) is 0 Å². The molecule has 0 unspecified atom stereocenters. The second-order valence-electron chi connectivity index (χ2n) is 19.9. The average molecular weight is 941 g/mol. The molecule has 0 atom stereocenters. The van der Waals surface area contributed by atoms with Crippen molar-refractivity contribution in [3.8, 4) is 44.5 Å². The van der Waals surface area contributed by atoms with Crippen molar-refractivity contribution < 1.29 is 0 Å². The maximum absolute atomic E-state index is 2.50. The van der Waals surface area contributed by atoms with Crippen LogP contribution in [0, 0.1) is 0 Å². The van der Waals surface area contributed by atoms with Crippen molar-refractivity contribution >= 4 is 77.2 Å². The van der Waals surface area contributed by atoms with Crippen LogP contribution in [0.3, 0.4) is 0 Å². The van der Waals surface area contributed by atoms with Crippen molar-refractivity contribution in [3.05, 3.63) is 289 Å². The van der Waals surface area contributed by atoms with Gasteiger partial charge in [0.1, 0.15) is 0 Å². The van der Waals surface area contributed by atoms with Crippen LogP contribution in [-0.2, 0) is 12.8 Å². The van der Waals surface area contributed by atoms with Gasteiger partial charge in [-0.1, -0.05) is 218 Å². The van der Waals surface area contributed by atoms with Crippen molar-refractivity contribution in [2.45, 2.75) is 12.8 Å². The van der Waals surface area contributed by atoms with Gasteiger partial charge in [-0.2, -0.15) is 0 Å². The van der Waals surface area contributed by atoms with Gasteiger partial charge >= 0.3 is 0 Å². The van der Waals surface area contributed by atoms with Gasteiger partial charge in [0.2, 0.25) is 0 Å². The molecule has 2 heteroatoms. The largest absolute Gasteiger partial charge is 0.310 e. The topological polar surface area (TPSA) is 6.48 Å². The van der Waals surface area contributed by atoms with Crippen LogP contribution in [0.25, 0.3) is 87.6 Å². The van der Waals surface area contributed by atoms with E-state index in [1.165, 1.54) is 133 Å². The first kappa shape index (κ1) is 42.2. The molecule has 0 aromatic heterocycles. The minimum atomic E-state index is 0.904. The summed E-state index contributed by atoms with van der Waals surface area (Å²) < 4.78 is 0. The zero-order valence-corrected chi connectivity index (χ0v) is 40.7. The van der Waals surface area contributed by atoms with Crippen LogP contribution in [-0.4, -0.2) is 0 Å². The fraction of sp³-hybridized carbons (Fsp3) is 0.0278. The molecule has 2 aliphatic rings. The molecule has 2 aliphatic carbocycles. The van der Waals surface area contributed by atoms with Crippen LogP contribution in [0.4, 0.5) is 34.1 Å². The highest BCUT2D eigenvalue weighted by Crippen LogP contribution is 2.50. The van der Waals surface area contributed by atoms with Crippen LogP contribution < -0.4 is 9.80 Å². The molecule has 13 aromatic carbocycles. The number of anilines is 6. The highest BCUT2D eigenvalue weighted by molar-refractivity contribution is 6.16. The summed E-state index contributed by atoms with van der Waals surface area (Å²) in [6, 6.07) is 99.0. The number of benzene rings is 13. The van der Waals surface area contributed by atoms with Gasteiger partial charge in [0.05, 0.1) is 22.7 Å². The van der Waals surface area contributed by atoms with Crippen LogP contribution >= 0.6 is 0 Å². The molecule has 346 valence electrons. The first-order valence-corrected chi connectivity index (χ1v) is 25.8. The molecule has 13 aromatic rings. The second kappa shape index (κ2) is 17.1. The van der Waals surface area contributed by atoms with E-state index in [4.69, 9.17) is 0 Å². The SMILES string of the molecule is c1ccc2c(c1)Cc1c-2cccc1N(c1ccc(-c2ccc(-c3ccc(N(c4cccc5c4Cc4ccccc4-5)c4cc5ccccc5c5ccccc45)cc3)cc2)cc1)c1cc2ccccc2c2ccccc12. The van der Waals surface area contributed by atoms with Gasteiger partial charge in [-0.15, -0.1) is 0 Å². The Labute approximate surface area is 431 Å². The summed E-state index contributed by atoms with van der Waals surface area (Å²) in [7, 11) is 0. The molecule has 15 rings (SSSR count). The lowest BCUT2D eigenvalue weighted by atomic mass is 9.97. The standard InChI is InChI=1S/C72H48N2/c1-5-19-57-51(15-1)43-67-63(57)27-13-29-69(67)73(71-45-53-17-3-7-21-59(53)61-23-9-11-25-65(61)71)55-39-35-49(36-40-55)47-31-33-48(34-32-47)50-37-41-56(42-38-50)74(70-30-14-28-64-58-20-6-2-16-52(58)44-68(64)70)72-46-54-18-4-8-22-60(54)62-24-10-12-26-66(62)72/h1-42,45-46H,43-44H2. The fourth-order valence-corrected chi connectivity index (χ4v) is 12.4. The molecule has 0 spiro atoms. The van der Waals surface area contributed by atoms with Crippen LogP contribution in [0.1, 0.15) is 22.3 Å². The summed E-state index contributed by atoms with van der Waals surface area (Å²) >= 11 is 0. The Bertz CT molecular complexity index is 4070. The summed E-state index contributed by atoms with van der Waals surface area (Å²) in [6.45, 7) is 0. The molecular weight excluding hydrogens is 893 g/mol. The number of fused-ring (bicyclic) bond motifs is 12. The highest BCUT2D eigenvalue weighted by atomic mass is 15.2. The number of hydrogen-bond acceptors (Lipinski definition) is 2. The molecule has 0 heterocycles.